The van der Waals surface area contributed by atoms with Gasteiger partial charge in [0.1, 0.15) is 5.02 Å². The Kier molecular flexibility index (Phi) is 5.59. The molecule has 0 atom stereocenters. The van der Waals surface area contributed by atoms with E-state index >= 15 is 0 Å². The molecule has 0 fully saturated rings. The number of benzene rings is 1. The van der Waals surface area contributed by atoms with Gasteiger partial charge in [0.25, 0.3) is 5.91 Å². The molecule has 0 unspecified atom stereocenters. The van der Waals surface area contributed by atoms with Crippen LogP contribution in [0.3, 0.4) is 0 Å². The quantitative estimate of drug-likeness (QED) is 0.773. The van der Waals surface area contributed by atoms with Crippen molar-refractivity contribution < 1.29 is 36.2 Å². The van der Waals surface area contributed by atoms with Crippen molar-refractivity contribution >= 4 is 23.2 Å². The van der Waals surface area contributed by atoms with Gasteiger partial charge in [0.05, 0.1) is 7.11 Å². The predicted octanol–water partition coefficient (Wildman–Crippen LogP) is 3.95. The number of amides is 1. The molecule has 0 aliphatic carbocycles. The normalized spacial score (nSPS) is 11.6. The molecule has 1 heterocycles. The largest absolute Gasteiger partial charge is 0.493 e. The van der Waals surface area contributed by atoms with Crippen molar-refractivity contribution in [3.05, 3.63) is 34.6 Å². The molecule has 0 aliphatic heterocycles. The summed E-state index contributed by atoms with van der Waals surface area (Å²) in [5.74, 6) is -1.42. The standard InChI is InChI=1S/C14H11ClF5N3O3/c1-23-11(14(18,19)20)9(15)10(22-23)12(24)21-6-3-4-7(26-13(16)17)8(5-6)25-2/h3-5,13H,1-2H3,(H,21,24). The third-order valence-corrected chi connectivity index (χ3v) is 3.47. The van der Waals surface area contributed by atoms with Crippen molar-refractivity contribution in [2.24, 2.45) is 7.05 Å². The third kappa shape index (κ3) is 4.15. The number of carbonyl (C=O) groups is 1. The molecule has 0 spiro atoms. The Balaban J connectivity index is 2.28. The van der Waals surface area contributed by atoms with Gasteiger partial charge in [-0.1, -0.05) is 11.6 Å². The fourth-order valence-electron chi connectivity index (χ4n) is 2.08. The van der Waals surface area contributed by atoms with Crippen LogP contribution in [0, 0.1) is 0 Å². The maximum absolute atomic E-state index is 12.9. The highest BCUT2D eigenvalue weighted by atomic mass is 35.5. The van der Waals surface area contributed by atoms with E-state index in [0.717, 1.165) is 19.2 Å². The van der Waals surface area contributed by atoms with Crippen LogP contribution < -0.4 is 14.8 Å². The van der Waals surface area contributed by atoms with Crippen molar-refractivity contribution in [3.8, 4) is 11.5 Å². The fourth-order valence-corrected chi connectivity index (χ4v) is 2.43. The van der Waals surface area contributed by atoms with Crippen molar-refractivity contribution in [2.75, 3.05) is 12.4 Å². The maximum Gasteiger partial charge on any atom is 0.434 e. The zero-order valence-corrected chi connectivity index (χ0v) is 14.0. The zero-order valence-electron chi connectivity index (χ0n) is 13.2. The number of carbonyl (C=O) groups excluding carboxylic acids is 1. The molecule has 6 nitrogen and oxygen atoms in total. The molecule has 12 heteroatoms. The smallest absolute Gasteiger partial charge is 0.434 e. The van der Waals surface area contributed by atoms with Crippen molar-refractivity contribution in [3.63, 3.8) is 0 Å². The van der Waals surface area contributed by atoms with Gasteiger partial charge in [-0.3, -0.25) is 9.48 Å². The molecule has 0 bridgehead atoms. The minimum atomic E-state index is -4.80. The molecule has 0 radical (unpaired) electrons. The topological polar surface area (TPSA) is 65.4 Å². The third-order valence-electron chi connectivity index (χ3n) is 3.11. The predicted molar refractivity (Wildman–Crippen MR) is 80.8 cm³/mol. The van der Waals surface area contributed by atoms with E-state index < -0.39 is 35.1 Å². The summed E-state index contributed by atoms with van der Waals surface area (Å²) in [6.45, 7) is -3.09. The second-order valence-corrected chi connectivity index (χ2v) is 5.21. The average molecular weight is 400 g/mol. The number of halogens is 6. The van der Waals surface area contributed by atoms with Gasteiger partial charge in [-0.2, -0.15) is 27.1 Å². The molecule has 1 amide bonds. The van der Waals surface area contributed by atoms with E-state index in [1.165, 1.54) is 13.2 Å². The van der Waals surface area contributed by atoms with Crippen LogP contribution in [0.5, 0.6) is 11.5 Å². The molecule has 2 rings (SSSR count). The molecular formula is C14H11ClF5N3O3. The van der Waals surface area contributed by atoms with E-state index in [9.17, 15) is 26.7 Å². The van der Waals surface area contributed by atoms with Crippen LogP contribution in [0.1, 0.15) is 16.2 Å². The van der Waals surface area contributed by atoms with Crippen LogP contribution in [0.15, 0.2) is 18.2 Å². The molecule has 2 aromatic rings. The summed E-state index contributed by atoms with van der Waals surface area (Å²) in [5.41, 5.74) is -1.88. The maximum atomic E-state index is 12.9. The minimum Gasteiger partial charge on any atom is -0.493 e. The molecule has 0 saturated heterocycles. The van der Waals surface area contributed by atoms with Gasteiger partial charge in [0.15, 0.2) is 22.9 Å². The Labute approximate surface area is 148 Å². The number of hydrogen-bond donors (Lipinski definition) is 1. The highest BCUT2D eigenvalue weighted by Crippen LogP contribution is 2.36. The highest BCUT2D eigenvalue weighted by molar-refractivity contribution is 6.34. The molecule has 142 valence electrons. The van der Waals surface area contributed by atoms with Crippen LogP contribution >= 0.6 is 11.6 Å². The van der Waals surface area contributed by atoms with Crippen LogP contribution in [-0.2, 0) is 13.2 Å². The van der Waals surface area contributed by atoms with Gasteiger partial charge in [-0.15, -0.1) is 0 Å². The van der Waals surface area contributed by atoms with Crippen LogP contribution in [0.4, 0.5) is 27.6 Å². The van der Waals surface area contributed by atoms with Crippen LogP contribution in [0.2, 0.25) is 5.02 Å². The zero-order chi connectivity index (χ0) is 19.6. The second kappa shape index (κ2) is 7.36. The Bertz CT molecular complexity index is 823. The summed E-state index contributed by atoms with van der Waals surface area (Å²) in [7, 11) is 2.18. The number of nitrogens with one attached hydrogen (secondary N) is 1. The van der Waals surface area contributed by atoms with E-state index in [1.54, 1.807) is 0 Å². The first-order valence-corrected chi connectivity index (χ1v) is 7.16. The molecule has 0 aliphatic rings. The van der Waals surface area contributed by atoms with Gasteiger partial charge in [-0.05, 0) is 12.1 Å². The number of methoxy groups -OCH3 is 1. The Hall–Kier alpha value is -2.56. The summed E-state index contributed by atoms with van der Waals surface area (Å²) < 4.78 is 72.8. The number of rotatable bonds is 5. The van der Waals surface area contributed by atoms with Gasteiger partial charge in [0, 0.05) is 18.8 Å². The second-order valence-electron chi connectivity index (χ2n) is 4.83. The molecule has 1 aromatic carbocycles. The Morgan fingerprint density at radius 2 is 1.96 bits per heavy atom. The molecular weight excluding hydrogens is 389 g/mol. The van der Waals surface area contributed by atoms with Crippen molar-refractivity contribution in [2.45, 2.75) is 12.8 Å². The number of hydrogen-bond acceptors (Lipinski definition) is 4. The summed E-state index contributed by atoms with van der Waals surface area (Å²) in [4.78, 5) is 12.2. The van der Waals surface area contributed by atoms with Crippen LogP contribution in [-0.4, -0.2) is 29.4 Å². The van der Waals surface area contributed by atoms with Gasteiger partial charge in [-0.25, -0.2) is 0 Å². The number of aryl methyl sites for hydroxylation is 1. The Morgan fingerprint density at radius 1 is 1.31 bits per heavy atom. The first kappa shape index (κ1) is 19.8. The van der Waals surface area contributed by atoms with E-state index in [1.807, 2.05) is 0 Å². The lowest BCUT2D eigenvalue weighted by molar-refractivity contribution is -0.143. The molecule has 0 saturated carbocycles. The summed E-state index contributed by atoms with van der Waals surface area (Å²) in [6.07, 6.45) is -4.80. The minimum absolute atomic E-state index is 0.0451. The van der Waals surface area contributed by atoms with Crippen LogP contribution in [0.25, 0.3) is 0 Å². The van der Waals surface area contributed by atoms with E-state index in [-0.39, 0.29) is 17.2 Å². The first-order valence-electron chi connectivity index (χ1n) is 6.78. The molecule has 1 N–H and O–H groups in total. The monoisotopic (exact) mass is 399 g/mol. The molecule has 26 heavy (non-hydrogen) atoms. The number of alkyl halides is 5. The van der Waals surface area contributed by atoms with E-state index in [4.69, 9.17) is 16.3 Å². The average Bonchev–Trinajstić information content (AvgIpc) is 2.83. The Morgan fingerprint density at radius 3 is 2.46 bits per heavy atom. The summed E-state index contributed by atoms with van der Waals surface area (Å²) >= 11 is 5.62. The lowest BCUT2D eigenvalue weighted by Gasteiger charge is -2.11. The summed E-state index contributed by atoms with van der Waals surface area (Å²) in [5, 5.41) is 4.87. The van der Waals surface area contributed by atoms with E-state index in [0.29, 0.717) is 4.68 Å². The lowest BCUT2D eigenvalue weighted by Crippen LogP contribution is -2.13. The highest BCUT2D eigenvalue weighted by Gasteiger charge is 2.40. The van der Waals surface area contributed by atoms with Gasteiger partial charge in [0.2, 0.25) is 0 Å². The van der Waals surface area contributed by atoms with E-state index in [2.05, 4.69) is 15.2 Å². The fraction of sp³-hybridized carbons (Fsp3) is 0.286. The van der Waals surface area contributed by atoms with Gasteiger partial charge < -0.3 is 14.8 Å². The van der Waals surface area contributed by atoms with Gasteiger partial charge >= 0.3 is 12.8 Å². The first-order chi connectivity index (χ1) is 12.0. The van der Waals surface area contributed by atoms with Crippen molar-refractivity contribution in [1.82, 2.24) is 9.78 Å². The number of ether oxygens (including phenoxy) is 2. The number of anilines is 1. The van der Waals surface area contributed by atoms with Crippen molar-refractivity contribution in [1.29, 1.82) is 0 Å². The number of aromatic nitrogens is 2. The lowest BCUT2D eigenvalue weighted by atomic mass is 10.2. The SMILES string of the molecule is COc1cc(NC(=O)c2nn(C)c(C(F)(F)F)c2Cl)ccc1OC(F)F. The number of nitrogens with zero attached hydrogens (tertiary/aromatic N) is 2. The summed E-state index contributed by atoms with van der Waals surface area (Å²) in [6, 6.07) is 3.44. The molecule has 1 aromatic heterocycles.